The Hall–Kier alpha value is -4.12. The molecule has 1 amide bonds. The molecule has 0 saturated carbocycles. The number of benzene rings is 2. The Kier molecular flexibility index (Phi) is 6.00. The number of aromatic nitrogens is 5. The highest BCUT2D eigenvalue weighted by Crippen LogP contribution is 2.30. The van der Waals surface area contributed by atoms with Crippen LogP contribution in [-0.2, 0) is 11.2 Å². The number of hydrogen-bond donors (Lipinski definition) is 0. The van der Waals surface area contributed by atoms with Crippen LogP contribution < -0.4 is 4.74 Å². The molecular formula is C23H21FN6O4. The van der Waals surface area contributed by atoms with Crippen molar-refractivity contribution in [2.45, 2.75) is 12.5 Å². The molecule has 0 N–H and O–H groups in total. The molecule has 0 spiro atoms. The summed E-state index contributed by atoms with van der Waals surface area (Å²) in [6.45, 7) is 1.18. The maximum absolute atomic E-state index is 14.0. The van der Waals surface area contributed by atoms with Gasteiger partial charge in [0.05, 0.1) is 49.9 Å². The first-order chi connectivity index (χ1) is 16.6. The maximum atomic E-state index is 14.0. The highest BCUT2D eigenvalue weighted by atomic mass is 19.1. The minimum absolute atomic E-state index is 0.240. The molecule has 1 unspecified atom stereocenters. The number of morpholine rings is 1. The normalized spacial score (nSPS) is 15.9. The van der Waals surface area contributed by atoms with Gasteiger partial charge in [0, 0.05) is 12.6 Å². The van der Waals surface area contributed by atoms with Gasteiger partial charge in [0.25, 0.3) is 5.91 Å². The largest absolute Gasteiger partial charge is 0.496 e. The van der Waals surface area contributed by atoms with Crippen molar-refractivity contribution < 1.29 is 23.2 Å². The number of carbonyl (C=O) groups is 1. The predicted octanol–water partition coefficient (Wildman–Crippen LogP) is 2.55. The van der Waals surface area contributed by atoms with Crippen LogP contribution in [0.3, 0.4) is 0 Å². The fourth-order valence-electron chi connectivity index (χ4n) is 4.06. The quantitative estimate of drug-likeness (QED) is 0.428. The first-order valence-electron chi connectivity index (χ1n) is 10.6. The molecular weight excluding hydrogens is 443 g/mol. The number of methoxy groups -OCH3 is 1. The summed E-state index contributed by atoms with van der Waals surface area (Å²) in [5.41, 5.74) is 2.23. The van der Waals surface area contributed by atoms with Crippen LogP contribution in [0.25, 0.3) is 17.1 Å². The lowest BCUT2D eigenvalue weighted by atomic mass is 10.00. The number of halogens is 1. The van der Waals surface area contributed by atoms with Crippen molar-refractivity contribution in [3.63, 3.8) is 0 Å². The molecule has 11 heteroatoms. The van der Waals surface area contributed by atoms with E-state index in [0.717, 1.165) is 5.56 Å². The van der Waals surface area contributed by atoms with Crippen molar-refractivity contribution in [2.24, 2.45) is 0 Å². The van der Waals surface area contributed by atoms with Crippen molar-refractivity contribution in [3.05, 3.63) is 72.1 Å². The van der Waals surface area contributed by atoms with Gasteiger partial charge in [-0.05, 0) is 36.2 Å². The highest BCUT2D eigenvalue weighted by Gasteiger charge is 2.30. The molecule has 10 nitrogen and oxygen atoms in total. The van der Waals surface area contributed by atoms with E-state index in [1.807, 2.05) is 18.2 Å². The topological polar surface area (TPSA) is 108 Å². The van der Waals surface area contributed by atoms with E-state index < -0.39 is 5.82 Å². The van der Waals surface area contributed by atoms with Gasteiger partial charge < -0.3 is 18.9 Å². The maximum Gasteiger partial charge on any atom is 0.256 e. The van der Waals surface area contributed by atoms with E-state index in [1.165, 1.54) is 41.8 Å². The molecule has 174 valence electrons. The number of hydrogen-bond acceptors (Lipinski definition) is 8. The van der Waals surface area contributed by atoms with Crippen molar-refractivity contribution in [1.29, 1.82) is 0 Å². The number of nitrogens with zero attached hydrogens (tertiary/aromatic N) is 6. The number of carbonyl (C=O) groups excluding carboxylic acids is 1. The zero-order valence-electron chi connectivity index (χ0n) is 18.3. The lowest BCUT2D eigenvalue weighted by molar-refractivity contribution is -0.00165. The summed E-state index contributed by atoms with van der Waals surface area (Å²) in [5.74, 6) is 0.303. The third kappa shape index (κ3) is 4.25. The second-order valence-corrected chi connectivity index (χ2v) is 7.70. The minimum atomic E-state index is -0.477. The van der Waals surface area contributed by atoms with Crippen molar-refractivity contribution >= 4 is 5.91 Å². The van der Waals surface area contributed by atoms with E-state index in [2.05, 4.69) is 20.3 Å². The van der Waals surface area contributed by atoms with Crippen LogP contribution in [0.5, 0.6) is 5.75 Å². The van der Waals surface area contributed by atoms with E-state index in [1.54, 1.807) is 12.0 Å². The van der Waals surface area contributed by atoms with E-state index >= 15 is 0 Å². The minimum Gasteiger partial charge on any atom is -0.496 e. The summed E-state index contributed by atoms with van der Waals surface area (Å²) in [6, 6.07) is 9.41. The average Bonchev–Trinajstić information content (AvgIpc) is 3.59. The number of amides is 1. The second-order valence-electron chi connectivity index (χ2n) is 7.70. The first-order valence-corrected chi connectivity index (χ1v) is 10.6. The number of rotatable bonds is 6. The molecule has 0 radical (unpaired) electrons. The smallest absolute Gasteiger partial charge is 0.256 e. The average molecular weight is 464 g/mol. The van der Waals surface area contributed by atoms with E-state index in [9.17, 15) is 9.18 Å². The Morgan fingerprint density at radius 1 is 1.21 bits per heavy atom. The molecule has 0 bridgehead atoms. The zero-order chi connectivity index (χ0) is 23.5. The van der Waals surface area contributed by atoms with Crippen molar-refractivity contribution in [3.8, 4) is 22.8 Å². The van der Waals surface area contributed by atoms with Crippen LogP contribution in [-0.4, -0.2) is 68.9 Å². The molecule has 1 aliphatic heterocycles. The molecule has 1 fully saturated rings. The van der Waals surface area contributed by atoms with Crippen LogP contribution in [0.15, 0.2) is 59.7 Å². The third-order valence-electron chi connectivity index (χ3n) is 5.65. The Morgan fingerprint density at radius 2 is 2.06 bits per heavy atom. The SMILES string of the molecule is COc1ccc(CC2COCCN2C(=O)c2ccc(F)cc2-n2nccn2)cc1-c1ncon1. The van der Waals surface area contributed by atoms with Gasteiger partial charge in [-0.15, -0.1) is 0 Å². The van der Waals surface area contributed by atoms with Crippen LogP contribution in [0, 0.1) is 5.82 Å². The molecule has 1 aliphatic rings. The van der Waals surface area contributed by atoms with Gasteiger partial charge in [0.15, 0.2) is 0 Å². The summed E-state index contributed by atoms with van der Waals surface area (Å²) in [4.78, 5) is 20.7. The molecule has 5 rings (SSSR count). The molecule has 2 aromatic heterocycles. The fourth-order valence-corrected chi connectivity index (χ4v) is 4.06. The Balaban J connectivity index is 1.44. The van der Waals surface area contributed by atoms with Gasteiger partial charge in [-0.2, -0.15) is 20.0 Å². The van der Waals surface area contributed by atoms with Gasteiger partial charge in [-0.3, -0.25) is 4.79 Å². The first kappa shape index (κ1) is 21.7. The van der Waals surface area contributed by atoms with E-state index in [-0.39, 0.29) is 17.6 Å². The van der Waals surface area contributed by atoms with Crippen molar-refractivity contribution in [1.82, 2.24) is 30.0 Å². The van der Waals surface area contributed by atoms with Crippen molar-refractivity contribution in [2.75, 3.05) is 26.9 Å². The highest BCUT2D eigenvalue weighted by molar-refractivity contribution is 5.98. The third-order valence-corrected chi connectivity index (χ3v) is 5.65. The summed E-state index contributed by atoms with van der Waals surface area (Å²) < 4.78 is 30.0. The van der Waals surface area contributed by atoms with Gasteiger partial charge in [-0.1, -0.05) is 11.2 Å². The number of ether oxygens (including phenoxy) is 2. The van der Waals surface area contributed by atoms with Crippen LogP contribution in [0.1, 0.15) is 15.9 Å². The Morgan fingerprint density at radius 3 is 2.82 bits per heavy atom. The van der Waals surface area contributed by atoms with Gasteiger partial charge in [0.2, 0.25) is 12.2 Å². The van der Waals surface area contributed by atoms with Crippen LogP contribution in [0.2, 0.25) is 0 Å². The standard InChI is InChI=1S/C23H21FN6O4/c1-32-21-5-2-15(11-19(21)22-25-14-34-28-22)10-17-13-33-9-8-29(17)23(31)18-4-3-16(24)12-20(18)30-26-6-7-27-30/h2-7,11-12,14,17H,8-10,13H2,1H3. The molecule has 0 aliphatic carbocycles. The molecule has 1 atom stereocenters. The summed E-state index contributed by atoms with van der Waals surface area (Å²) in [5, 5.41) is 12.0. The fraction of sp³-hybridized carbons (Fsp3) is 0.261. The van der Waals surface area contributed by atoms with Gasteiger partial charge in [-0.25, -0.2) is 4.39 Å². The Labute approximate surface area is 193 Å². The predicted molar refractivity (Wildman–Crippen MR) is 117 cm³/mol. The second kappa shape index (κ2) is 9.40. The zero-order valence-corrected chi connectivity index (χ0v) is 18.3. The summed E-state index contributed by atoms with van der Waals surface area (Å²) in [7, 11) is 1.57. The van der Waals surface area contributed by atoms with E-state index in [0.29, 0.717) is 48.9 Å². The molecule has 34 heavy (non-hydrogen) atoms. The summed E-state index contributed by atoms with van der Waals surface area (Å²) in [6.07, 6.45) is 4.73. The van der Waals surface area contributed by atoms with Gasteiger partial charge in [0.1, 0.15) is 17.3 Å². The molecule has 2 aromatic carbocycles. The Bertz CT molecular complexity index is 1280. The summed E-state index contributed by atoms with van der Waals surface area (Å²) >= 11 is 0. The monoisotopic (exact) mass is 464 g/mol. The van der Waals surface area contributed by atoms with Crippen LogP contribution >= 0.6 is 0 Å². The lowest BCUT2D eigenvalue weighted by Crippen LogP contribution is -2.50. The molecule has 4 aromatic rings. The van der Waals surface area contributed by atoms with Crippen LogP contribution in [0.4, 0.5) is 4.39 Å². The van der Waals surface area contributed by atoms with E-state index in [4.69, 9.17) is 14.0 Å². The molecule has 1 saturated heterocycles. The molecule has 3 heterocycles. The van der Waals surface area contributed by atoms with Gasteiger partial charge >= 0.3 is 0 Å². The lowest BCUT2D eigenvalue weighted by Gasteiger charge is -2.36.